The Bertz CT molecular complexity index is 697. The fraction of sp³-hybridized carbons (Fsp3) is 0.762. The van der Waals surface area contributed by atoms with Crippen molar-refractivity contribution in [2.45, 2.75) is 71.2 Å². The molecule has 0 N–H and O–H groups in total. The molecule has 8 heteroatoms. The summed E-state index contributed by atoms with van der Waals surface area (Å²) >= 11 is 0. The molecule has 3 heterocycles. The van der Waals surface area contributed by atoms with E-state index < -0.39 is 5.60 Å². The van der Waals surface area contributed by atoms with E-state index in [9.17, 15) is 9.59 Å². The first-order chi connectivity index (χ1) is 13.7. The van der Waals surface area contributed by atoms with Crippen molar-refractivity contribution in [3.63, 3.8) is 0 Å². The van der Waals surface area contributed by atoms with Crippen molar-refractivity contribution in [3.8, 4) is 0 Å². The van der Waals surface area contributed by atoms with Crippen LogP contribution in [0, 0.1) is 5.92 Å². The minimum absolute atomic E-state index is 0.153. The summed E-state index contributed by atoms with van der Waals surface area (Å²) in [4.78, 5) is 27.3. The molecule has 8 nitrogen and oxygen atoms in total. The molecule has 1 aromatic heterocycles. The van der Waals surface area contributed by atoms with Gasteiger partial charge in [0.05, 0.1) is 18.1 Å². The highest BCUT2D eigenvalue weighted by atomic mass is 16.6. The van der Waals surface area contributed by atoms with Crippen LogP contribution in [0.3, 0.4) is 0 Å². The average molecular weight is 408 g/mol. The maximum absolute atomic E-state index is 12.1. The van der Waals surface area contributed by atoms with Gasteiger partial charge in [-0.05, 0) is 39.5 Å². The van der Waals surface area contributed by atoms with Gasteiger partial charge in [0.2, 0.25) is 0 Å². The van der Waals surface area contributed by atoms with Crippen LogP contribution in [0.15, 0.2) is 10.6 Å². The van der Waals surface area contributed by atoms with E-state index in [2.05, 4.69) is 10.1 Å². The molecule has 3 rings (SSSR count). The first kappa shape index (κ1) is 21.6. The molecule has 0 radical (unpaired) electrons. The Morgan fingerprint density at radius 1 is 1.24 bits per heavy atom. The van der Waals surface area contributed by atoms with Crippen molar-refractivity contribution in [3.05, 3.63) is 11.8 Å². The Balaban J connectivity index is 1.40. The van der Waals surface area contributed by atoms with Gasteiger partial charge < -0.3 is 28.6 Å². The standard InChI is InChI=1S/C21H33N3O5/c1-14(2)17(13-25)18-10-19(22-29-18)24-11-16(12-24)27-15-6-8-23(9-7-15)20(26)28-21(3,4)5/h10,13-17H,6-9,11-12H2,1-5H3. The van der Waals surface area contributed by atoms with Crippen molar-refractivity contribution >= 4 is 18.2 Å². The molecular weight excluding hydrogens is 374 g/mol. The number of anilines is 1. The van der Waals surface area contributed by atoms with Crippen LogP contribution in [0.4, 0.5) is 10.6 Å². The van der Waals surface area contributed by atoms with Crippen molar-refractivity contribution in [1.29, 1.82) is 0 Å². The highest BCUT2D eigenvalue weighted by molar-refractivity contribution is 5.68. The zero-order valence-corrected chi connectivity index (χ0v) is 18.1. The molecule has 162 valence electrons. The van der Waals surface area contributed by atoms with Crippen molar-refractivity contribution in [2.24, 2.45) is 5.92 Å². The fourth-order valence-electron chi connectivity index (χ4n) is 3.62. The maximum Gasteiger partial charge on any atom is 0.410 e. The van der Waals surface area contributed by atoms with Gasteiger partial charge in [0.1, 0.15) is 17.6 Å². The minimum atomic E-state index is -0.471. The molecule has 2 saturated heterocycles. The first-order valence-corrected chi connectivity index (χ1v) is 10.5. The normalized spacial score (nSPS) is 19.9. The second-order valence-corrected chi connectivity index (χ2v) is 9.32. The van der Waals surface area contributed by atoms with Gasteiger partial charge in [0.25, 0.3) is 0 Å². The predicted octanol–water partition coefficient (Wildman–Crippen LogP) is 3.22. The van der Waals surface area contributed by atoms with Gasteiger partial charge in [-0.3, -0.25) is 0 Å². The van der Waals surface area contributed by atoms with Gasteiger partial charge >= 0.3 is 6.09 Å². The van der Waals surface area contributed by atoms with E-state index in [0.717, 1.165) is 38.0 Å². The number of aromatic nitrogens is 1. The zero-order chi connectivity index (χ0) is 21.2. The van der Waals surface area contributed by atoms with E-state index >= 15 is 0 Å². The summed E-state index contributed by atoms with van der Waals surface area (Å²) in [6, 6.07) is 1.86. The number of carbonyl (C=O) groups is 2. The minimum Gasteiger partial charge on any atom is -0.444 e. The van der Waals surface area contributed by atoms with Crippen LogP contribution >= 0.6 is 0 Å². The largest absolute Gasteiger partial charge is 0.444 e. The summed E-state index contributed by atoms with van der Waals surface area (Å²) < 4.78 is 17.0. The lowest BCUT2D eigenvalue weighted by Gasteiger charge is -2.42. The predicted molar refractivity (Wildman–Crippen MR) is 108 cm³/mol. The number of nitrogens with zero attached hydrogens (tertiary/aromatic N) is 3. The third-order valence-electron chi connectivity index (χ3n) is 5.36. The molecule has 0 spiro atoms. The van der Waals surface area contributed by atoms with E-state index in [4.69, 9.17) is 14.0 Å². The third kappa shape index (κ3) is 5.50. The molecule has 1 amide bonds. The van der Waals surface area contributed by atoms with Crippen LogP contribution in [0.2, 0.25) is 0 Å². The van der Waals surface area contributed by atoms with E-state index in [0.29, 0.717) is 18.8 Å². The third-order valence-corrected chi connectivity index (χ3v) is 5.36. The molecule has 2 aliphatic heterocycles. The maximum atomic E-state index is 12.1. The van der Waals surface area contributed by atoms with E-state index in [1.165, 1.54) is 0 Å². The highest BCUT2D eigenvalue weighted by Crippen LogP contribution is 2.29. The van der Waals surface area contributed by atoms with Crippen LogP contribution in [0.25, 0.3) is 0 Å². The number of ether oxygens (including phenoxy) is 2. The quantitative estimate of drug-likeness (QED) is 0.669. The molecule has 2 aliphatic rings. The topological polar surface area (TPSA) is 85.1 Å². The summed E-state index contributed by atoms with van der Waals surface area (Å²) in [6.45, 7) is 12.4. The van der Waals surface area contributed by atoms with Crippen LogP contribution in [0.5, 0.6) is 0 Å². The van der Waals surface area contributed by atoms with Gasteiger partial charge in [-0.1, -0.05) is 19.0 Å². The second-order valence-electron chi connectivity index (χ2n) is 9.32. The smallest absolute Gasteiger partial charge is 0.410 e. The van der Waals surface area contributed by atoms with Crippen LogP contribution < -0.4 is 4.90 Å². The molecule has 29 heavy (non-hydrogen) atoms. The van der Waals surface area contributed by atoms with Gasteiger partial charge in [-0.25, -0.2) is 4.79 Å². The lowest BCUT2D eigenvalue weighted by Crippen LogP contribution is -2.54. The van der Waals surface area contributed by atoms with E-state index in [1.54, 1.807) is 4.90 Å². The number of piperidine rings is 1. The monoisotopic (exact) mass is 407 g/mol. The number of aldehydes is 1. The van der Waals surface area contributed by atoms with Crippen LogP contribution in [-0.4, -0.2) is 66.4 Å². The molecule has 0 bridgehead atoms. The molecule has 1 unspecified atom stereocenters. The molecule has 0 aliphatic carbocycles. The Morgan fingerprint density at radius 3 is 2.45 bits per heavy atom. The molecule has 2 fully saturated rings. The Hall–Kier alpha value is -2.09. The summed E-state index contributed by atoms with van der Waals surface area (Å²) in [7, 11) is 0. The van der Waals surface area contributed by atoms with Gasteiger partial charge in [-0.15, -0.1) is 0 Å². The lowest BCUT2D eigenvalue weighted by molar-refractivity contribution is -0.110. The molecule has 1 aromatic rings. The fourth-order valence-corrected chi connectivity index (χ4v) is 3.62. The number of hydrogen-bond donors (Lipinski definition) is 0. The van der Waals surface area contributed by atoms with E-state index in [1.807, 2.05) is 40.7 Å². The summed E-state index contributed by atoms with van der Waals surface area (Å²) in [6.07, 6.45) is 2.62. The van der Waals surface area contributed by atoms with Gasteiger partial charge in [0, 0.05) is 32.2 Å². The van der Waals surface area contributed by atoms with Gasteiger partial charge in [0.15, 0.2) is 5.82 Å². The van der Waals surface area contributed by atoms with Crippen molar-refractivity contribution in [1.82, 2.24) is 10.1 Å². The summed E-state index contributed by atoms with van der Waals surface area (Å²) in [5.41, 5.74) is -0.471. The molecule has 0 saturated carbocycles. The number of amides is 1. The molecule has 0 aromatic carbocycles. The number of carbonyl (C=O) groups excluding carboxylic acids is 2. The van der Waals surface area contributed by atoms with Crippen LogP contribution in [0.1, 0.15) is 59.1 Å². The Morgan fingerprint density at radius 2 is 1.90 bits per heavy atom. The molecular formula is C21H33N3O5. The molecule has 1 atom stereocenters. The highest BCUT2D eigenvalue weighted by Gasteiger charge is 2.34. The Labute approximate surface area is 172 Å². The number of likely N-dealkylation sites (tertiary alicyclic amines) is 1. The first-order valence-electron chi connectivity index (χ1n) is 10.5. The van der Waals surface area contributed by atoms with Crippen molar-refractivity contribution < 1.29 is 23.6 Å². The summed E-state index contributed by atoms with van der Waals surface area (Å²) in [5, 5.41) is 4.11. The SMILES string of the molecule is CC(C)C(C=O)c1cc(N2CC(OC3CCN(C(=O)OC(C)(C)C)CC3)C2)no1. The second kappa shape index (κ2) is 8.73. The van der Waals surface area contributed by atoms with Crippen LogP contribution in [-0.2, 0) is 14.3 Å². The zero-order valence-electron chi connectivity index (χ0n) is 18.1. The Kier molecular flexibility index (Phi) is 6.51. The average Bonchev–Trinajstić information content (AvgIpc) is 3.06. The lowest BCUT2D eigenvalue weighted by atomic mass is 9.95. The van der Waals surface area contributed by atoms with E-state index in [-0.39, 0.29) is 30.1 Å². The van der Waals surface area contributed by atoms with Gasteiger partial charge in [-0.2, -0.15) is 0 Å². The summed E-state index contributed by atoms with van der Waals surface area (Å²) in [5.74, 6) is 1.28. The number of rotatable bonds is 6. The van der Waals surface area contributed by atoms with Crippen molar-refractivity contribution in [2.75, 3.05) is 31.1 Å². The number of hydrogen-bond acceptors (Lipinski definition) is 7.